The highest BCUT2D eigenvalue weighted by Gasteiger charge is 2.30. The van der Waals surface area contributed by atoms with E-state index in [9.17, 15) is 9.90 Å². The molecule has 1 aliphatic carbocycles. The number of benzene rings is 1. The van der Waals surface area contributed by atoms with Crippen LogP contribution in [0.5, 0.6) is 0 Å². The van der Waals surface area contributed by atoms with Gasteiger partial charge in [0.2, 0.25) is 0 Å². The zero-order chi connectivity index (χ0) is 15.4. The van der Waals surface area contributed by atoms with Crippen molar-refractivity contribution >= 4 is 16.9 Å². The fraction of sp³-hybridized carbons (Fsp3) is 0.294. The number of aromatic carboxylic acids is 1. The van der Waals surface area contributed by atoms with Gasteiger partial charge in [0.15, 0.2) is 0 Å². The smallest absolute Gasteiger partial charge is 0.354 e. The fourth-order valence-electron chi connectivity index (χ4n) is 3.42. The van der Waals surface area contributed by atoms with Gasteiger partial charge in [0, 0.05) is 22.5 Å². The van der Waals surface area contributed by atoms with Crippen molar-refractivity contribution in [1.29, 1.82) is 0 Å². The molecule has 0 spiro atoms. The largest absolute Gasteiger partial charge is 0.477 e. The van der Waals surface area contributed by atoms with Gasteiger partial charge in [0.25, 0.3) is 0 Å². The Morgan fingerprint density at radius 2 is 2.00 bits per heavy atom. The lowest BCUT2D eigenvalue weighted by Gasteiger charge is -2.12. The Kier molecular flexibility index (Phi) is 2.66. The molecular formula is C17H17N3O2. The highest BCUT2D eigenvalue weighted by molar-refractivity contribution is 5.95. The molecule has 22 heavy (non-hydrogen) atoms. The molecular weight excluding hydrogens is 278 g/mol. The Morgan fingerprint density at radius 1 is 1.27 bits per heavy atom. The molecule has 1 aromatic carbocycles. The van der Waals surface area contributed by atoms with E-state index in [1.54, 1.807) is 4.68 Å². The number of fused-ring (bicyclic) bond motifs is 5. The number of aromatic amines is 1. The number of nitrogens with zero attached hydrogens (tertiary/aromatic N) is 2. The molecule has 2 heterocycles. The number of para-hydroxylation sites is 1. The van der Waals surface area contributed by atoms with Crippen LogP contribution in [0, 0.1) is 0 Å². The summed E-state index contributed by atoms with van der Waals surface area (Å²) in [6.07, 6.45) is 1.56. The number of hydrogen-bond acceptors (Lipinski definition) is 2. The van der Waals surface area contributed by atoms with Crippen LogP contribution in [0.25, 0.3) is 22.3 Å². The Hall–Kier alpha value is -2.56. The maximum Gasteiger partial charge on any atom is 0.354 e. The van der Waals surface area contributed by atoms with E-state index >= 15 is 0 Å². The lowest BCUT2D eigenvalue weighted by atomic mass is 9.92. The molecule has 5 heteroatoms. The average Bonchev–Trinajstić information content (AvgIpc) is 3.05. The monoisotopic (exact) mass is 295 g/mol. The van der Waals surface area contributed by atoms with Gasteiger partial charge in [0.05, 0.1) is 5.69 Å². The quantitative estimate of drug-likeness (QED) is 0.761. The highest BCUT2D eigenvalue weighted by Crippen LogP contribution is 2.38. The zero-order valence-corrected chi connectivity index (χ0v) is 12.6. The number of rotatable bonds is 2. The molecule has 2 N–H and O–H groups in total. The van der Waals surface area contributed by atoms with Crippen LogP contribution in [0.4, 0.5) is 0 Å². The molecule has 3 aromatic rings. The molecule has 112 valence electrons. The normalized spacial score (nSPS) is 13.4. The van der Waals surface area contributed by atoms with Crippen LogP contribution >= 0.6 is 0 Å². The zero-order valence-electron chi connectivity index (χ0n) is 12.6. The number of aromatic nitrogens is 3. The third kappa shape index (κ3) is 1.65. The minimum Gasteiger partial charge on any atom is -0.477 e. The van der Waals surface area contributed by atoms with Crippen LogP contribution in [0.15, 0.2) is 24.3 Å². The topological polar surface area (TPSA) is 70.9 Å². The van der Waals surface area contributed by atoms with Gasteiger partial charge in [-0.1, -0.05) is 18.2 Å². The summed E-state index contributed by atoms with van der Waals surface area (Å²) in [5.41, 5.74) is 5.27. The summed E-state index contributed by atoms with van der Waals surface area (Å²) >= 11 is 0. The molecule has 0 fully saturated rings. The van der Waals surface area contributed by atoms with Gasteiger partial charge < -0.3 is 10.1 Å². The molecule has 1 aliphatic rings. The summed E-state index contributed by atoms with van der Waals surface area (Å²) in [5, 5.41) is 15.4. The fourth-order valence-corrected chi connectivity index (χ4v) is 3.42. The minimum absolute atomic E-state index is 0.0181. The van der Waals surface area contributed by atoms with Gasteiger partial charge >= 0.3 is 5.97 Å². The number of aryl methyl sites for hydroxylation is 1. The van der Waals surface area contributed by atoms with Crippen LogP contribution in [0.2, 0.25) is 0 Å². The number of carboxylic acids is 1. The number of H-pyrrole nitrogens is 1. The minimum atomic E-state index is -0.901. The summed E-state index contributed by atoms with van der Waals surface area (Å²) in [6.45, 7) is 3.91. The van der Waals surface area contributed by atoms with Gasteiger partial charge in [-0.2, -0.15) is 5.10 Å². The second kappa shape index (κ2) is 4.47. The predicted octanol–water partition coefficient (Wildman–Crippen LogP) is 3.41. The van der Waals surface area contributed by atoms with E-state index < -0.39 is 5.97 Å². The van der Waals surface area contributed by atoms with Crippen molar-refractivity contribution in [3.63, 3.8) is 0 Å². The Balaban J connectivity index is 2.03. The first-order valence-electron chi connectivity index (χ1n) is 7.52. The first kappa shape index (κ1) is 13.1. The molecule has 0 amide bonds. The van der Waals surface area contributed by atoms with Gasteiger partial charge in [-0.05, 0) is 38.3 Å². The summed E-state index contributed by atoms with van der Waals surface area (Å²) in [5.74, 6) is -0.901. The Labute approximate surface area is 127 Å². The molecule has 0 bridgehead atoms. The summed E-state index contributed by atoms with van der Waals surface area (Å²) in [6, 6.07) is 8.20. The van der Waals surface area contributed by atoms with E-state index in [-0.39, 0.29) is 6.04 Å². The molecule has 0 radical (unpaired) electrons. The second-order valence-electron chi connectivity index (χ2n) is 6.04. The van der Waals surface area contributed by atoms with Crippen molar-refractivity contribution in [1.82, 2.24) is 14.8 Å². The molecule has 0 unspecified atom stereocenters. The van der Waals surface area contributed by atoms with Gasteiger partial charge in [-0.25, -0.2) is 4.79 Å². The summed E-state index contributed by atoms with van der Waals surface area (Å²) in [4.78, 5) is 15.1. The molecule has 2 aromatic heterocycles. The highest BCUT2D eigenvalue weighted by atomic mass is 16.4. The molecule has 0 saturated carbocycles. The third-order valence-corrected chi connectivity index (χ3v) is 4.38. The lowest BCUT2D eigenvalue weighted by Crippen LogP contribution is -2.14. The number of carbonyl (C=O) groups is 1. The van der Waals surface area contributed by atoms with E-state index in [2.05, 4.69) is 16.1 Å². The second-order valence-corrected chi connectivity index (χ2v) is 6.04. The van der Waals surface area contributed by atoms with Gasteiger partial charge in [0.1, 0.15) is 11.4 Å². The molecule has 0 aliphatic heterocycles. The first-order valence-corrected chi connectivity index (χ1v) is 7.52. The van der Waals surface area contributed by atoms with Crippen LogP contribution in [0.1, 0.15) is 41.5 Å². The van der Waals surface area contributed by atoms with Crippen molar-refractivity contribution in [3.8, 4) is 11.4 Å². The van der Waals surface area contributed by atoms with Crippen LogP contribution in [-0.4, -0.2) is 25.8 Å². The van der Waals surface area contributed by atoms with Crippen molar-refractivity contribution in [2.45, 2.75) is 32.7 Å². The van der Waals surface area contributed by atoms with Gasteiger partial charge in [-0.15, -0.1) is 0 Å². The predicted molar refractivity (Wildman–Crippen MR) is 84.3 cm³/mol. The maximum atomic E-state index is 11.7. The van der Waals surface area contributed by atoms with Crippen molar-refractivity contribution < 1.29 is 9.90 Å². The van der Waals surface area contributed by atoms with Crippen molar-refractivity contribution in [2.75, 3.05) is 0 Å². The average molecular weight is 295 g/mol. The molecule has 4 rings (SSSR count). The molecule has 5 nitrogen and oxygen atoms in total. The number of hydrogen-bond donors (Lipinski definition) is 2. The number of carboxylic acid groups (broad SMARTS) is 1. The lowest BCUT2D eigenvalue weighted by molar-refractivity contribution is 0.0680. The summed E-state index contributed by atoms with van der Waals surface area (Å²) < 4.78 is 1.63. The number of nitrogens with one attached hydrogen (secondary N) is 1. The Morgan fingerprint density at radius 3 is 2.73 bits per heavy atom. The standard InChI is InChI=1S/C17H17N3O2/c1-9(2)20-16(17(21)22)12-8-7-11-10-5-3-4-6-13(10)18-14(11)15(12)19-20/h3-6,9,18H,7-8H2,1-2H3,(H,21,22). The van der Waals surface area contributed by atoms with Crippen molar-refractivity contribution in [2.24, 2.45) is 0 Å². The third-order valence-electron chi connectivity index (χ3n) is 4.38. The van der Waals surface area contributed by atoms with Crippen LogP contribution in [-0.2, 0) is 12.8 Å². The van der Waals surface area contributed by atoms with Crippen LogP contribution < -0.4 is 0 Å². The van der Waals surface area contributed by atoms with E-state index in [1.165, 1.54) is 10.9 Å². The van der Waals surface area contributed by atoms with E-state index in [1.807, 2.05) is 32.0 Å². The first-order chi connectivity index (χ1) is 10.6. The SMILES string of the molecule is CC(C)n1nc2c(c1C(=O)O)CCc1c-2[nH]c2ccccc12. The van der Waals surface area contributed by atoms with E-state index in [0.29, 0.717) is 5.69 Å². The molecule has 0 saturated heterocycles. The van der Waals surface area contributed by atoms with Crippen LogP contribution in [0.3, 0.4) is 0 Å². The maximum absolute atomic E-state index is 11.7. The van der Waals surface area contributed by atoms with E-state index in [4.69, 9.17) is 0 Å². The Bertz CT molecular complexity index is 902. The molecule has 0 atom stereocenters. The van der Waals surface area contributed by atoms with Crippen molar-refractivity contribution in [3.05, 3.63) is 41.1 Å². The van der Waals surface area contributed by atoms with E-state index in [0.717, 1.165) is 35.3 Å². The van der Waals surface area contributed by atoms with Gasteiger partial charge in [-0.3, -0.25) is 4.68 Å². The summed E-state index contributed by atoms with van der Waals surface area (Å²) in [7, 11) is 0.